The number of rotatable bonds is 7. The molecular weight excluding hydrogens is 556 g/mol. The number of hydrogen-bond acceptors (Lipinski definition) is 5. The number of carboxylic acids is 1. The SMILES string of the molecule is CC(C)c1ccc(N2C(=O)/C(=C/c3ccc(OCc4ccc(C(=O)O)cc4)c(Br)c3)C(=O)NC2=S)cc1. The number of carbonyl (C=O) groups excluding carboxylic acids is 2. The van der Waals surface area contributed by atoms with Crippen molar-refractivity contribution in [3.63, 3.8) is 0 Å². The Morgan fingerprint density at radius 3 is 2.35 bits per heavy atom. The summed E-state index contributed by atoms with van der Waals surface area (Å²) < 4.78 is 6.47. The average Bonchev–Trinajstić information content (AvgIpc) is 2.86. The molecule has 1 aliphatic heterocycles. The van der Waals surface area contributed by atoms with Gasteiger partial charge in [0.25, 0.3) is 11.8 Å². The Hall–Kier alpha value is -3.82. The molecule has 7 nitrogen and oxygen atoms in total. The molecule has 9 heteroatoms. The van der Waals surface area contributed by atoms with Gasteiger partial charge in [0.15, 0.2) is 5.11 Å². The van der Waals surface area contributed by atoms with Gasteiger partial charge in [-0.3, -0.25) is 19.8 Å². The van der Waals surface area contributed by atoms with E-state index in [2.05, 4.69) is 35.1 Å². The number of nitrogens with zero attached hydrogens (tertiary/aromatic N) is 1. The third-order valence-corrected chi connectivity index (χ3v) is 6.69. The van der Waals surface area contributed by atoms with E-state index < -0.39 is 17.8 Å². The molecule has 0 aromatic heterocycles. The summed E-state index contributed by atoms with van der Waals surface area (Å²) in [6, 6.07) is 19.1. The number of nitrogens with one attached hydrogen (secondary N) is 1. The van der Waals surface area contributed by atoms with Crippen molar-refractivity contribution in [3.8, 4) is 5.75 Å². The molecule has 4 rings (SSSR count). The highest BCUT2D eigenvalue weighted by Crippen LogP contribution is 2.29. The van der Waals surface area contributed by atoms with Crippen LogP contribution in [0.25, 0.3) is 6.08 Å². The predicted octanol–water partition coefficient (Wildman–Crippen LogP) is 5.68. The van der Waals surface area contributed by atoms with Crippen molar-refractivity contribution >= 4 is 62.8 Å². The molecule has 1 heterocycles. The minimum absolute atomic E-state index is 0.0331. The molecule has 0 unspecified atom stereocenters. The number of aromatic carboxylic acids is 1. The van der Waals surface area contributed by atoms with Gasteiger partial charge in [-0.1, -0.05) is 44.2 Å². The van der Waals surface area contributed by atoms with Gasteiger partial charge in [0.2, 0.25) is 0 Å². The molecule has 3 aromatic rings. The summed E-state index contributed by atoms with van der Waals surface area (Å²) in [5.74, 6) is -1.16. The highest BCUT2D eigenvalue weighted by Gasteiger charge is 2.34. The normalized spacial score (nSPS) is 14.8. The van der Waals surface area contributed by atoms with Gasteiger partial charge in [0.05, 0.1) is 15.7 Å². The molecular formula is C28H23BrN2O5S. The van der Waals surface area contributed by atoms with Gasteiger partial charge in [0.1, 0.15) is 17.9 Å². The number of benzene rings is 3. The first-order chi connectivity index (χ1) is 17.6. The van der Waals surface area contributed by atoms with Crippen LogP contribution >= 0.6 is 28.1 Å². The van der Waals surface area contributed by atoms with E-state index in [1.165, 1.54) is 23.1 Å². The zero-order chi connectivity index (χ0) is 26.7. The van der Waals surface area contributed by atoms with E-state index in [9.17, 15) is 14.4 Å². The third kappa shape index (κ3) is 5.95. The summed E-state index contributed by atoms with van der Waals surface area (Å²) in [5, 5.41) is 11.6. The van der Waals surface area contributed by atoms with E-state index in [-0.39, 0.29) is 22.9 Å². The van der Waals surface area contributed by atoms with Crippen LogP contribution in [0, 0.1) is 0 Å². The van der Waals surface area contributed by atoms with Gasteiger partial charge in [-0.25, -0.2) is 4.79 Å². The summed E-state index contributed by atoms with van der Waals surface area (Å²) in [7, 11) is 0. The average molecular weight is 579 g/mol. The topological polar surface area (TPSA) is 95.9 Å². The van der Waals surface area contributed by atoms with Crippen LogP contribution in [0.3, 0.4) is 0 Å². The lowest BCUT2D eigenvalue weighted by Gasteiger charge is -2.29. The number of carbonyl (C=O) groups is 3. The number of anilines is 1. The quantitative estimate of drug-likeness (QED) is 0.213. The van der Waals surface area contributed by atoms with E-state index in [4.69, 9.17) is 22.1 Å². The largest absolute Gasteiger partial charge is 0.488 e. The van der Waals surface area contributed by atoms with Crippen LogP contribution in [0.5, 0.6) is 5.75 Å². The van der Waals surface area contributed by atoms with Gasteiger partial charge in [-0.2, -0.15) is 0 Å². The molecule has 0 atom stereocenters. The van der Waals surface area contributed by atoms with Crippen LogP contribution in [0.1, 0.15) is 46.8 Å². The fourth-order valence-electron chi connectivity index (χ4n) is 3.70. The molecule has 0 saturated carbocycles. The molecule has 2 amide bonds. The minimum Gasteiger partial charge on any atom is -0.488 e. The molecule has 2 N–H and O–H groups in total. The maximum absolute atomic E-state index is 13.3. The van der Waals surface area contributed by atoms with Gasteiger partial charge < -0.3 is 9.84 Å². The lowest BCUT2D eigenvalue weighted by molar-refractivity contribution is -0.122. The molecule has 37 heavy (non-hydrogen) atoms. The molecule has 1 aliphatic rings. The summed E-state index contributed by atoms with van der Waals surface area (Å²) in [6.07, 6.45) is 1.51. The van der Waals surface area contributed by atoms with Gasteiger partial charge in [-0.05, 0) is 93.2 Å². The summed E-state index contributed by atoms with van der Waals surface area (Å²) >= 11 is 8.76. The second-order valence-electron chi connectivity index (χ2n) is 8.68. The smallest absolute Gasteiger partial charge is 0.335 e. The maximum Gasteiger partial charge on any atom is 0.335 e. The van der Waals surface area contributed by atoms with Crippen molar-refractivity contribution in [3.05, 3.63) is 99.0 Å². The second kappa shape index (κ2) is 11.1. The van der Waals surface area contributed by atoms with Crippen molar-refractivity contribution in [2.24, 2.45) is 0 Å². The Balaban J connectivity index is 1.52. The summed E-state index contributed by atoms with van der Waals surface area (Å²) in [4.78, 5) is 38.2. The number of thiocarbonyl (C=S) groups is 1. The first kappa shape index (κ1) is 26.2. The fraction of sp³-hybridized carbons (Fsp3) is 0.143. The molecule has 0 spiro atoms. The maximum atomic E-state index is 13.3. The number of ether oxygens (including phenoxy) is 1. The molecule has 0 aliphatic carbocycles. The van der Waals surface area contributed by atoms with Gasteiger partial charge >= 0.3 is 5.97 Å². The molecule has 0 bridgehead atoms. The standard InChI is InChI=1S/C28H23BrN2O5S/c1-16(2)19-8-10-21(11-9-19)31-26(33)22(25(32)30-28(31)37)13-18-5-12-24(23(29)14-18)36-15-17-3-6-20(7-4-17)27(34)35/h3-14,16H,15H2,1-2H3,(H,34,35)(H,30,32,37)/b22-13+. The van der Waals surface area contributed by atoms with Crippen LogP contribution in [0.15, 0.2) is 76.8 Å². The van der Waals surface area contributed by atoms with Crippen LogP contribution < -0.4 is 15.0 Å². The van der Waals surface area contributed by atoms with E-state index in [1.54, 1.807) is 30.3 Å². The number of amides is 2. The van der Waals surface area contributed by atoms with Gasteiger partial charge in [-0.15, -0.1) is 0 Å². The number of halogens is 1. The van der Waals surface area contributed by atoms with E-state index in [0.29, 0.717) is 27.4 Å². The van der Waals surface area contributed by atoms with E-state index in [1.807, 2.05) is 24.3 Å². The number of carboxylic acid groups (broad SMARTS) is 1. The van der Waals surface area contributed by atoms with Crippen molar-refractivity contribution in [1.29, 1.82) is 0 Å². The third-order valence-electron chi connectivity index (χ3n) is 5.78. The lowest BCUT2D eigenvalue weighted by Crippen LogP contribution is -2.54. The number of hydrogen-bond donors (Lipinski definition) is 2. The first-order valence-corrected chi connectivity index (χ1v) is 12.6. The Bertz CT molecular complexity index is 1420. The fourth-order valence-corrected chi connectivity index (χ4v) is 4.49. The van der Waals surface area contributed by atoms with Crippen molar-refractivity contribution in [1.82, 2.24) is 5.32 Å². The van der Waals surface area contributed by atoms with E-state index >= 15 is 0 Å². The van der Waals surface area contributed by atoms with Crippen molar-refractivity contribution in [2.45, 2.75) is 26.4 Å². The Labute approximate surface area is 227 Å². The molecule has 3 aromatic carbocycles. The van der Waals surface area contributed by atoms with Gasteiger partial charge in [0, 0.05) is 0 Å². The van der Waals surface area contributed by atoms with Crippen molar-refractivity contribution in [2.75, 3.05) is 4.90 Å². The van der Waals surface area contributed by atoms with Crippen LogP contribution in [-0.2, 0) is 16.2 Å². The molecule has 0 radical (unpaired) electrons. The Kier molecular flexibility index (Phi) is 7.85. The van der Waals surface area contributed by atoms with Crippen LogP contribution in [0.4, 0.5) is 5.69 Å². The molecule has 1 fully saturated rings. The highest BCUT2D eigenvalue weighted by molar-refractivity contribution is 9.10. The zero-order valence-corrected chi connectivity index (χ0v) is 22.4. The zero-order valence-electron chi connectivity index (χ0n) is 20.0. The Morgan fingerprint density at radius 2 is 1.76 bits per heavy atom. The summed E-state index contributed by atoms with van der Waals surface area (Å²) in [6.45, 7) is 4.40. The van der Waals surface area contributed by atoms with Crippen molar-refractivity contribution < 1.29 is 24.2 Å². The second-order valence-corrected chi connectivity index (χ2v) is 9.93. The van der Waals surface area contributed by atoms with Crippen LogP contribution in [0.2, 0.25) is 0 Å². The van der Waals surface area contributed by atoms with Crippen LogP contribution in [-0.4, -0.2) is 28.0 Å². The Morgan fingerprint density at radius 1 is 1.08 bits per heavy atom. The highest BCUT2D eigenvalue weighted by atomic mass is 79.9. The summed E-state index contributed by atoms with van der Waals surface area (Å²) in [5.41, 5.74) is 3.29. The molecule has 188 valence electrons. The monoisotopic (exact) mass is 578 g/mol. The molecule has 1 saturated heterocycles. The van der Waals surface area contributed by atoms with E-state index in [0.717, 1.165) is 11.1 Å². The minimum atomic E-state index is -0.987. The first-order valence-electron chi connectivity index (χ1n) is 11.4. The predicted molar refractivity (Wildman–Crippen MR) is 149 cm³/mol. The lowest BCUT2D eigenvalue weighted by atomic mass is 10.0.